The fourth-order valence-corrected chi connectivity index (χ4v) is 17.1. The average Bonchev–Trinajstić information content (AvgIpc) is 3.52. The van der Waals surface area contributed by atoms with Crippen molar-refractivity contribution in [3.63, 3.8) is 0 Å². The Morgan fingerprint density at radius 3 is 0.833 bits per heavy atom. The molecule has 0 aliphatic heterocycles. The molecule has 0 amide bonds. The van der Waals surface area contributed by atoms with Crippen LogP contribution in [0.3, 0.4) is 0 Å². The molecule has 4 heteroatoms. The number of rotatable bonds is 13. The minimum absolute atomic E-state index is 0.866. The van der Waals surface area contributed by atoms with Gasteiger partial charge in [-0.05, 0) is 155 Å². The van der Waals surface area contributed by atoms with E-state index in [1.165, 1.54) is 86.8 Å². The Morgan fingerprint density at radius 2 is 0.538 bits per heavy atom. The van der Waals surface area contributed by atoms with Gasteiger partial charge in [0, 0.05) is 22.3 Å². The van der Waals surface area contributed by atoms with E-state index in [0.717, 1.165) is 56.0 Å². The van der Waals surface area contributed by atoms with Crippen LogP contribution < -0.4 is 41.3 Å². The van der Waals surface area contributed by atoms with Crippen molar-refractivity contribution in [1.82, 2.24) is 0 Å². The van der Waals surface area contributed by atoms with Crippen LogP contribution in [0.15, 0.2) is 255 Å². The smallest absolute Gasteiger partial charge is 0.134 e. The van der Waals surface area contributed by atoms with Crippen LogP contribution >= 0.6 is 15.8 Å². The van der Waals surface area contributed by atoms with Gasteiger partial charge in [0.15, 0.2) is 0 Å². The molecule has 0 aliphatic carbocycles. The Kier molecular flexibility index (Phi) is 14.2. The molecule has 0 radical (unpaired) electrons. The summed E-state index contributed by atoms with van der Waals surface area (Å²) in [6, 6.07) is 94.9. The first-order chi connectivity index (χ1) is 38.2. The first-order valence-corrected chi connectivity index (χ1v) is 29.4. The molecular weight excluding hydrogens is 983 g/mol. The first-order valence-electron chi connectivity index (χ1n) is 26.7. The van der Waals surface area contributed by atoms with E-state index in [-0.39, 0.29) is 0 Å². The summed E-state index contributed by atoms with van der Waals surface area (Å²) >= 11 is 0. The van der Waals surface area contributed by atoms with E-state index in [1.54, 1.807) is 0 Å². The third-order valence-electron chi connectivity index (χ3n) is 14.9. The number of hydrogen-bond acceptors (Lipinski definition) is 2. The van der Waals surface area contributed by atoms with Crippen LogP contribution in [-0.2, 0) is 0 Å². The first kappa shape index (κ1) is 50.4. The van der Waals surface area contributed by atoms with Gasteiger partial charge in [0.05, 0.1) is 14.2 Å². The van der Waals surface area contributed by atoms with E-state index in [4.69, 9.17) is 9.47 Å². The molecule has 12 rings (SSSR count). The number of fused-ring (bicyclic) bond motifs is 2. The monoisotopic (exact) mass is 1040 g/mol. The topological polar surface area (TPSA) is 18.5 Å². The van der Waals surface area contributed by atoms with Gasteiger partial charge >= 0.3 is 0 Å². The maximum atomic E-state index is 6.50. The second-order valence-electron chi connectivity index (χ2n) is 20.3. The number of methoxy groups -OCH3 is 2. The maximum absolute atomic E-state index is 6.50. The zero-order valence-electron chi connectivity index (χ0n) is 45.0. The van der Waals surface area contributed by atoms with Crippen LogP contribution in [0.4, 0.5) is 0 Å². The highest BCUT2D eigenvalue weighted by molar-refractivity contribution is 7.81. The number of aryl methyl sites for hydroxylation is 4. The van der Waals surface area contributed by atoms with Crippen LogP contribution in [0.2, 0.25) is 0 Å². The predicted molar refractivity (Wildman–Crippen MR) is 338 cm³/mol. The van der Waals surface area contributed by atoms with Gasteiger partial charge in [-0.15, -0.1) is 0 Å². The molecule has 0 fully saturated rings. The Morgan fingerprint density at radius 1 is 0.269 bits per heavy atom. The molecule has 0 saturated carbocycles. The molecule has 0 aromatic heterocycles. The Balaban J connectivity index is 1.24. The van der Waals surface area contributed by atoms with Crippen molar-refractivity contribution in [1.29, 1.82) is 0 Å². The van der Waals surface area contributed by atoms with Gasteiger partial charge in [0.2, 0.25) is 0 Å². The van der Waals surface area contributed by atoms with Crippen LogP contribution in [0.25, 0.3) is 77.2 Å². The lowest BCUT2D eigenvalue weighted by atomic mass is 9.93. The van der Waals surface area contributed by atoms with Gasteiger partial charge in [0.25, 0.3) is 0 Å². The van der Waals surface area contributed by atoms with Crippen molar-refractivity contribution in [2.45, 2.75) is 27.7 Å². The summed E-state index contributed by atoms with van der Waals surface area (Å²) in [5, 5.41) is 12.6. The van der Waals surface area contributed by atoms with Gasteiger partial charge in [-0.3, -0.25) is 0 Å². The molecule has 2 unspecified atom stereocenters. The minimum atomic E-state index is -1.27. The van der Waals surface area contributed by atoms with Gasteiger partial charge in [-0.2, -0.15) is 0 Å². The van der Waals surface area contributed by atoms with E-state index in [2.05, 4.69) is 282 Å². The van der Waals surface area contributed by atoms with Gasteiger partial charge in [-0.25, -0.2) is 0 Å². The Labute approximate surface area is 462 Å². The summed E-state index contributed by atoms with van der Waals surface area (Å²) in [5.74, 6) is 1.73. The molecule has 0 heterocycles. The third kappa shape index (κ3) is 9.73. The molecule has 0 spiro atoms. The molecule has 12 aromatic carbocycles. The number of hydrogen-bond donors (Lipinski definition) is 0. The molecule has 0 aliphatic rings. The molecule has 0 bridgehead atoms. The molecular formula is C74H60O2P2. The molecule has 378 valence electrons. The highest BCUT2D eigenvalue weighted by Gasteiger charge is 2.31. The number of ether oxygens (including phenoxy) is 2. The summed E-state index contributed by atoms with van der Waals surface area (Å²) in [5.41, 5.74) is 16.2. The minimum Gasteiger partial charge on any atom is -0.495 e. The highest BCUT2D eigenvalue weighted by atomic mass is 31.1. The second kappa shape index (κ2) is 21.9. The van der Waals surface area contributed by atoms with Gasteiger partial charge in [-0.1, -0.05) is 253 Å². The molecule has 12 aromatic rings. The van der Waals surface area contributed by atoms with Crippen molar-refractivity contribution in [2.24, 2.45) is 0 Å². The van der Waals surface area contributed by atoms with E-state index >= 15 is 0 Å². The maximum Gasteiger partial charge on any atom is 0.134 e. The van der Waals surface area contributed by atoms with Gasteiger partial charge in [0.1, 0.15) is 11.5 Å². The van der Waals surface area contributed by atoms with Crippen molar-refractivity contribution >= 4 is 69.2 Å². The SMILES string of the molecule is COc1c(-c2ccccc2)cc(P(c2cc(C)cc(C)c2)c2ccc3ccccc3c2-c2c(P(c3cc(C)cc(C)c3)c3cc(-c4ccccc4)c(OC)c(-c4ccccc4)c3)ccc3ccccc23)cc1-c1ccccc1. The van der Waals surface area contributed by atoms with Crippen LogP contribution in [0.5, 0.6) is 11.5 Å². The molecule has 0 saturated heterocycles. The average molecular weight is 1040 g/mol. The summed E-state index contributed by atoms with van der Waals surface area (Å²) in [4.78, 5) is 0. The number of benzene rings is 12. The van der Waals surface area contributed by atoms with Crippen LogP contribution in [0, 0.1) is 27.7 Å². The molecule has 2 nitrogen and oxygen atoms in total. The predicted octanol–water partition coefficient (Wildman–Crippen LogP) is 17.1. The van der Waals surface area contributed by atoms with E-state index in [0.29, 0.717) is 0 Å². The second-order valence-corrected chi connectivity index (χ2v) is 24.7. The molecule has 2 atom stereocenters. The van der Waals surface area contributed by atoms with Crippen LogP contribution in [-0.4, -0.2) is 14.2 Å². The fourth-order valence-electron chi connectivity index (χ4n) is 11.7. The lowest BCUT2D eigenvalue weighted by Gasteiger charge is -2.30. The Bertz CT molecular complexity index is 3720. The van der Waals surface area contributed by atoms with Crippen molar-refractivity contribution in [3.05, 3.63) is 277 Å². The van der Waals surface area contributed by atoms with Crippen LogP contribution in [0.1, 0.15) is 22.3 Å². The largest absolute Gasteiger partial charge is 0.495 e. The zero-order chi connectivity index (χ0) is 53.3. The van der Waals surface area contributed by atoms with Gasteiger partial charge < -0.3 is 9.47 Å². The van der Waals surface area contributed by atoms with E-state index in [9.17, 15) is 0 Å². The highest BCUT2D eigenvalue weighted by Crippen LogP contribution is 2.50. The normalized spacial score (nSPS) is 12.1. The fraction of sp³-hybridized carbons (Fsp3) is 0.0811. The summed E-state index contributed by atoms with van der Waals surface area (Å²) < 4.78 is 13.0. The molecule has 0 N–H and O–H groups in total. The lowest BCUT2D eigenvalue weighted by Crippen LogP contribution is -2.27. The van der Waals surface area contributed by atoms with Crippen molar-refractivity contribution < 1.29 is 9.47 Å². The van der Waals surface area contributed by atoms with E-state index < -0.39 is 15.8 Å². The third-order valence-corrected chi connectivity index (χ3v) is 19.7. The summed E-state index contributed by atoms with van der Waals surface area (Å²) in [7, 11) is 1.07. The zero-order valence-corrected chi connectivity index (χ0v) is 46.7. The molecule has 78 heavy (non-hydrogen) atoms. The summed E-state index contributed by atoms with van der Waals surface area (Å²) in [6.45, 7) is 8.97. The van der Waals surface area contributed by atoms with Crippen molar-refractivity contribution in [2.75, 3.05) is 14.2 Å². The standard InChI is InChI=1S/C74H60O2P2/c1-49-39-50(2)42-59(41-49)77(61-45-65(53-23-11-7-12-24-53)73(75-5)66(46-61)54-25-13-8-14-26-54)69-37-35-57-31-19-21-33-63(57)71(69)72-64-34-22-20-32-58(64)36-38-70(72)78(60-43-51(3)40-52(4)44-60)62-47-67(55-27-15-9-16-28-55)74(76-6)68(48-62)56-29-17-10-18-30-56/h7-48H,1-6H3. The van der Waals surface area contributed by atoms with Crippen molar-refractivity contribution in [3.8, 4) is 67.1 Å². The lowest BCUT2D eigenvalue weighted by molar-refractivity contribution is 0.418. The van der Waals surface area contributed by atoms with E-state index in [1.807, 2.05) is 14.2 Å². The Hall–Kier alpha value is -8.38. The quantitative estimate of drug-likeness (QED) is 0.107. The summed E-state index contributed by atoms with van der Waals surface area (Å²) in [6.07, 6.45) is 0.